The van der Waals surface area contributed by atoms with E-state index in [-0.39, 0.29) is 11.7 Å². The van der Waals surface area contributed by atoms with E-state index in [0.717, 1.165) is 31.6 Å². The average molecular weight is 269 g/mol. The number of benzene rings is 1. The molecule has 4 heteroatoms. The number of rotatable bonds is 3. The topological polar surface area (TPSA) is 46.5 Å². The minimum absolute atomic E-state index is 0.0826. The van der Waals surface area contributed by atoms with Crippen LogP contribution >= 0.6 is 11.6 Å². The Bertz CT molecular complexity index is 437. The van der Waals surface area contributed by atoms with Crippen molar-refractivity contribution in [3.63, 3.8) is 0 Å². The summed E-state index contributed by atoms with van der Waals surface area (Å²) in [6.45, 7) is 2.23. The first-order valence-corrected chi connectivity index (χ1v) is 6.64. The van der Waals surface area contributed by atoms with Crippen molar-refractivity contribution in [2.45, 2.75) is 38.7 Å². The van der Waals surface area contributed by atoms with Gasteiger partial charge in [-0.3, -0.25) is 0 Å². The first-order valence-electron chi connectivity index (χ1n) is 6.26. The molecular weight excluding hydrogens is 252 g/mol. The van der Waals surface area contributed by atoms with Gasteiger partial charge in [-0.2, -0.15) is 0 Å². The predicted octanol–water partition coefficient (Wildman–Crippen LogP) is 4.00. The van der Waals surface area contributed by atoms with Crippen LogP contribution in [0.25, 0.3) is 0 Å². The molecule has 0 aliphatic heterocycles. The van der Waals surface area contributed by atoms with Gasteiger partial charge in [0.05, 0.1) is 11.1 Å². The van der Waals surface area contributed by atoms with Gasteiger partial charge in [-0.15, -0.1) is 0 Å². The summed E-state index contributed by atoms with van der Waals surface area (Å²) in [5.74, 6) is 0.0398. The van der Waals surface area contributed by atoms with E-state index in [0.29, 0.717) is 10.8 Å². The number of para-hydroxylation sites is 1. The van der Waals surface area contributed by atoms with Gasteiger partial charge in [-0.1, -0.05) is 24.6 Å². The Morgan fingerprint density at radius 2 is 2.00 bits per heavy atom. The van der Waals surface area contributed by atoms with Crippen molar-refractivity contribution in [1.82, 2.24) is 0 Å². The van der Waals surface area contributed by atoms with E-state index in [2.05, 4.69) is 6.92 Å². The number of hydrogen-bond acceptors (Lipinski definition) is 2. The van der Waals surface area contributed by atoms with E-state index in [1.54, 1.807) is 12.1 Å². The second-order valence-corrected chi connectivity index (χ2v) is 5.33. The van der Waals surface area contributed by atoms with E-state index < -0.39 is 5.97 Å². The summed E-state index contributed by atoms with van der Waals surface area (Å²) < 4.78 is 5.81. The minimum Gasteiger partial charge on any atom is -0.488 e. The Morgan fingerprint density at radius 3 is 2.61 bits per heavy atom. The molecule has 0 radical (unpaired) electrons. The largest absolute Gasteiger partial charge is 0.488 e. The maximum Gasteiger partial charge on any atom is 0.339 e. The van der Waals surface area contributed by atoms with Crippen LogP contribution in [0, 0.1) is 5.92 Å². The zero-order valence-corrected chi connectivity index (χ0v) is 11.1. The molecule has 3 nitrogen and oxygen atoms in total. The lowest BCUT2D eigenvalue weighted by atomic mass is 9.89. The Morgan fingerprint density at radius 1 is 1.33 bits per heavy atom. The average Bonchev–Trinajstić information content (AvgIpc) is 2.34. The number of carboxylic acid groups (broad SMARTS) is 1. The third kappa shape index (κ3) is 2.96. The van der Waals surface area contributed by atoms with Crippen LogP contribution in [0.4, 0.5) is 0 Å². The lowest BCUT2D eigenvalue weighted by Crippen LogP contribution is -2.24. The fourth-order valence-electron chi connectivity index (χ4n) is 2.31. The molecule has 0 aromatic heterocycles. The van der Waals surface area contributed by atoms with Gasteiger partial charge in [0.1, 0.15) is 5.56 Å². The number of halogens is 1. The number of aromatic carboxylic acids is 1. The third-order valence-electron chi connectivity index (χ3n) is 3.44. The fourth-order valence-corrected chi connectivity index (χ4v) is 2.53. The van der Waals surface area contributed by atoms with E-state index >= 15 is 0 Å². The molecule has 98 valence electrons. The van der Waals surface area contributed by atoms with Crippen LogP contribution in [0.1, 0.15) is 43.0 Å². The van der Waals surface area contributed by atoms with E-state index in [4.69, 9.17) is 21.4 Å². The molecule has 0 bridgehead atoms. The molecule has 1 aromatic carbocycles. The number of hydrogen-bond donors (Lipinski definition) is 1. The highest BCUT2D eigenvalue weighted by Crippen LogP contribution is 2.33. The highest BCUT2D eigenvalue weighted by Gasteiger charge is 2.23. The highest BCUT2D eigenvalue weighted by atomic mass is 35.5. The van der Waals surface area contributed by atoms with Gasteiger partial charge in [0.2, 0.25) is 0 Å². The lowest BCUT2D eigenvalue weighted by molar-refractivity contribution is 0.0684. The molecule has 1 fully saturated rings. The Balaban J connectivity index is 2.15. The first-order chi connectivity index (χ1) is 8.58. The van der Waals surface area contributed by atoms with Crippen molar-refractivity contribution in [2.75, 3.05) is 0 Å². The maximum atomic E-state index is 11.1. The summed E-state index contributed by atoms with van der Waals surface area (Å²) in [5, 5.41) is 9.49. The molecule has 0 spiro atoms. The van der Waals surface area contributed by atoms with Crippen LogP contribution in [-0.4, -0.2) is 17.2 Å². The first kappa shape index (κ1) is 13.2. The van der Waals surface area contributed by atoms with Crippen LogP contribution in [0.2, 0.25) is 5.02 Å². The number of carboxylic acids is 1. The van der Waals surface area contributed by atoms with Gasteiger partial charge in [0, 0.05) is 0 Å². The second-order valence-electron chi connectivity index (χ2n) is 4.92. The maximum absolute atomic E-state index is 11.1. The van der Waals surface area contributed by atoms with Crippen molar-refractivity contribution in [1.29, 1.82) is 0 Å². The van der Waals surface area contributed by atoms with Crippen molar-refractivity contribution in [3.05, 3.63) is 28.8 Å². The van der Waals surface area contributed by atoms with Crippen LogP contribution in [0.5, 0.6) is 5.75 Å². The van der Waals surface area contributed by atoms with Crippen molar-refractivity contribution >= 4 is 17.6 Å². The van der Waals surface area contributed by atoms with Crippen molar-refractivity contribution in [3.8, 4) is 5.75 Å². The van der Waals surface area contributed by atoms with E-state index in [9.17, 15) is 4.79 Å². The molecule has 1 aromatic rings. The summed E-state index contributed by atoms with van der Waals surface area (Å²) in [6.07, 6.45) is 4.26. The Hall–Kier alpha value is -1.22. The zero-order valence-electron chi connectivity index (χ0n) is 10.4. The minimum atomic E-state index is -1.00. The molecule has 0 heterocycles. The molecule has 1 N–H and O–H groups in total. The second kappa shape index (κ2) is 5.61. The van der Waals surface area contributed by atoms with Gasteiger partial charge in [-0.05, 0) is 43.7 Å². The third-order valence-corrected chi connectivity index (χ3v) is 3.74. The zero-order chi connectivity index (χ0) is 13.1. The quantitative estimate of drug-likeness (QED) is 0.901. The van der Waals surface area contributed by atoms with Gasteiger partial charge in [0.25, 0.3) is 0 Å². The van der Waals surface area contributed by atoms with Crippen LogP contribution in [0.15, 0.2) is 18.2 Å². The standard InChI is InChI=1S/C14H17ClO3/c1-9-5-7-10(8-6-9)18-13-11(14(16)17)3-2-4-12(13)15/h2-4,9-10H,5-8H2,1H3,(H,16,17). The molecule has 0 amide bonds. The highest BCUT2D eigenvalue weighted by molar-refractivity contribution is 6.32. The van der Waals surface area contributed by atoms with Crippen molar-refractivity contribution in [2.24, 2.45) is 5.92 Å². The van der Waals surface area contributed by atoms with Gasteiger partial charge in [0.15, 0.2) is 5.75 Å². The number of ether oxygens (including phenoxy) is 1. The molecule has 0 saturated heterocycles. The lowest BCUT2D eigenvalue weighted by Gasteiger charge is -2.27. The predicted molar refractivity (Wildman–Crippen MR) is 70.5 cm³/mol. The normalized spacial score (nSPS) is 23.7. The van der Waals surface area contributed by atoms with E-state index in [1.165, 1.54) is 6.07 Å². The molecule has 0 unspecified atom stereocenters. The van der Waals surface area contributed by atoms with Gasteiger partial charge < -0.3 is 9.84 Å². The molecule has 0 atom stereocenters. The molecule has 18 heavy (non-hydrogen) atoms. The SMILES string of the molecule is CC1CCC(Oc2c(Cl)cccc2C(=O)O)CC1. The summed E-state index contributed by atoms with van der Waals surface area (Å²) in [5.41, 5.74) is 0.140. The monoisotopic (exact) mass is 268 g/mol. The summed E-state index contributed by atoms with van der Waals surface area (Å²) >= 11 is 6.03. The molecule has 1 aliphatic rings. The van der Waals surface area contributed by atoms with E-state index in [1.807, 2.05) is 0 Å². The molecular formula is C14H17ClO3. The summed E-state index contributed by atoms with van der Waals surface area (Å²) in [7, 11) is 0. The van der Waals surface area contributed by atoms with Gasteiger partial charge in [-0.25, -0.2) is 4.79 Å². The molecule has 1 saturated carbocycles. The van der Waals surface area contributed by atoms with Crippen LogP contribution < -0.4 is 4.74 Å². The Labute approximate surface area is 112 Å². The van der Waals surface area contributed by atoms with Crippen LogP contribution in [-0.2, 0) is 0 Å². The fraction of sp³-hybridized carbons (Fsp3) is 0.500. The van der Waals surface area contributed by atoms with Crippen LogP contribution in [0.3, 0.4) is 0 Å². The Kier molecular flexibility index (Phi) is 4.12. The van der Waals surface area contributed by atoms with Crippen molar-refractivity contribution < 1.29 is 14.6 Å². The summed E-state index contributed by atoms with van der Waals surface area (Å²) in [4.78, 5) is 11.1. The summed E-state index contributed by atoms with van der Waals surface area (Å²) in [6, 6.07) is 4.81. The molecule has 1 aliphatic carbocycles. The smallest absolute Gasteiger partial charge is 0.339 e. The van der Waals surface area contributed by atoms with Gasteiger partial charge >= 0.3 is 5.97 Å². The molecule has 2 rings (SSSR count). The number of carbonyl (C=O) groups is 1.